The molecular weight excluding hydrogens is 352 g/mol. The largest absolute Gasteiger partial charge is 0.494 e. The summed E-state index contributed by atoms with van der Waals surface area (Å²) in [5, 5.41) is 3.62. The van der Waals surface area contributed by atoms with Gasteiger partial charge in [-0.25, -0.2) is 0 Å². The number of ether oxygens (including phenoxy) is 2. The fraction of sp³-hybridized carbons (Fsp3) is 0.350. The summed E-state index contributed by atoms with van der Waals surface area (Å²) in [6.07, 6.45) is 1.04. The molecule has 1 amide bonds. The molecule has 6 heteroatoms. The Morgan fingerprint density at radius 1 is 1.12 bits per heavy atom. The molecule has 0 saturated carbocycles. The highest BCUT2D eigenvalue weighted by molar-refractivity contribution is 6.34. The molecule has 0 unspecified atom stereocenters. The van der Waals surface area contributed by atoms with E-state index in [4.69, 9.17) is 21.1 Å². The molecule has 2 aromatic rings. The molecule has 0 aliphatic carbocycles. The average Bonchev–Trinajstić information content (AvgIpc) is 2.67. The molecule has 1 fully saturated rings. The summed E-state index contributed by atoms with van der Waals surface area (Å²) in [5.74, 6) is 0.774. The van der Waals surface area contributed by atoms with Crippen molar-refractivity contribution in [2.45, 2.75) is 12.8 Å². The fourth-order valence-corrected chi connectivity index (χ4v) is 3.17. The number of nitrogens with one attached hydrogen (secondary N) is 1. The fourth-order valence-electron chi connectivity index (χ4n) is 2.88. The number of hydrogen-bond acceptors (Lipinski definition) is 4. The van der Waals surface area contributed by atoms with Crippen molar-refractivity contribution in [1.29, 1.82) is 0 Å². The summed E-state index contributed by atoms with van der Waals surface area (Å²) in [5.41, 5.74) is 1.61. The number of carbonyl (C=O) groups is 1. The summed E-state index contributed by atoms with van der Waals surface area (Å²) in [7, 11) is 0. The second kappa shape index (κ2) is 9.46. The zero-order valence-electron chi connectivity index (χ0n) is 14.6. The first kappa shape index (κ1) is 18.5. The predicted molar refractivity (Wildman–Crippen MR) is 104 cm³/mol. The van der Waals surface area contributed by atoms with Crippen molar-refractivity contribution in [3.05, 3.63) is 53.6 Å². The van der Waals surface area contributed by atoms with Crippen LogP contribution in [0.15, 0.2) is 48.5 Å². The van der Waals surface area contributed by atoms with Crippen molar-refractivity contribution in [1.82, 2.24) is 0 Å². The number of benzene rings is 2. The normalized spacial score (nSPS) is 14.1. The molecule has 0 atom stereocenters. The molecule has 1 N–H and O–H groups in total. The molecule has 0 radical (unpaired) electrons. The molecule has 26 heavy (non-hydrogen) atoms. The predicted octanol–water partition coefficient (Wildman–Crippen LogP) is 3.97. The highest BCUT2D eigenvalue weighted by atomic mass is 35.5. The molecule has 1 saturated heterocycles. The van der Waals surface area contributed by atoms with Crippen LogP contribution in [0.3, 0.4) is 0 Å². The van der Waals surface area contributed by atoms with Gasteiger partial charge in [-0.05, 0) is 30.7 Å². The molecule has 2 aromatic carbocycles. The van der Waals surface area contributed by atoms with Crippen LogP contribution in [0.2, 0.25) is 5.02 Å². The van der Waals surface area contributed by atoms with Crippen LogP contribution in [0.5, 0.6) is 5.75 Å². The van der Waals surface area contributed by atoms with Crippen molar-refractivity contribution in [2.24, 2.45) is 0 Å². The Bertz CT molecular complexity index is 718. The maximum absolute atomic E-state index is 12.3. The van der Waals surface area contributed by atoms with Gasteiger partial charge < -0.3 is 19.7 Å². The number of nitrogens with zero attached hydrogens (tertiary/aromatic N) is 1. The van der Waals surface area contributed by atoms with E-state index < -0.39 is 0 Å². The van der Waals surface area contributed by atoms with Crippen molar-refractivity contribution in [3.8, 4) is 5.75 Å². The van der Waals surface area contributed by atoms with Gasteiger partial charge in [-0.1, -0.05) is 35.9 Å². The van der Waals surface area contributed by atoms with E-state index in [0.29, 0.717) is 37.7 Å². The minimum absolute atomic E-state index is 0.0431. The van der Waals surface area contributed by atoms with Gasteiger partial charge in [0.15, 0.2) is 0 Å². The number of carbonyl (C=O) groups excluding carboxylic acids is 1. The van der Waals surface area contributed by atoms with E-state index in [1.807, 2.05) is 48.5 Å². The zero-order chi connectivity index (χ0) is 18.2. The van der Waals surface area contributed by atoms with Crippen LogP contribution in [0, 0.1) is 0 Å². The molecule has 0 spiro atoms. The number of halogens is 1. The van der Waals surface area contributed by atoms with Crippen LogP contribution in [0.1, 0.15) is 12.8 Å². The van der Waals surface area contributed by atoms with Gasteiger partial charge >= 0.3 is 0 Å². The number of morpholine rings is 1. The van der Waals surface area contributed by atoms with Gasteiger partial charge in [0.2, 0.25) is 5.91 Å². The highest BCUT2D eigenvalue weighted by Crippen LogP contribution is 2.34. The number of amides is 1. The molecule has 5 nitrogen and oxygen atoms in total. The average molecular weight is 375 g/mol. The van der Waals surface area contributed by atoms with Gasteiger partial charge in [0.1, 0.15) is 5.75 Å². The summed E-state index contributed by atoms with van der Waals surface area (Å²) in [6, 6.07) is 15.2. The van der Waals surface area contributed by atoms with Crippen LogP contribution >= 0.6 is 11.6 Å². The highest BCUT2D eigenvalue weighted by Gasteiger charge is 2.18. The second-order valence-electron chi connectivity index (χ2n) is 6.05. The Morgan fingerprint density at radius 2 is 1.88 bits per heavy atom. The van der Waals surface area contributed by atoms with E-state index in [9.17, 15) is 4.79 Å². The lowest BCUT2D eigenvalue weighted by atomic mass is 10.2. The minimum atomic E-state index is -0.0431. The first-order chi connectivity index (χ1) is 12.7. The third kappa shape index (κ3) is 5.13. The Kier molecular flexibility index (Phi) is 6.75. The molecule has 1 aliphatic rings. The molecule has 1 aliphatic heterocycles. The third-order valence-electron chi connectivity index (χ3n) is 4.15. The monoisotopic (exact) mass is 374 g/mol. The Morgan fingerprint density at radius 3 is 2.65 bits per heavy atom. The molecule has 3 rings (SSSR count). The maximum Gasteiger partial charge on any atom is 0.224 e. The van der Waals surface area contributed by atoms with Crippen LogP contribution in [-0.2, 0) is 9.53 Å². The summed E-state index contributed by atoms with van der Waals surface area (Å²) in [4.78, 5) is 14.5. The van der Waals surface area contributed by atoms with E-state index in [0.717, 1.165) is 30.2 Å². The first-order valence-corrected chi connectivity index (χ1v) is 9.21. The number of anilines is 2. The second-order valence-corrected chi connectivity index (χ2v) is 6.46. The van der Waals surface area contributed by atoms with E-state index in [-0.39, 0.29) is 5.91 Å². The lowest BCUT2D eigenvalue weighted by molar-refractivity contribution is -0.116. The summed E-state index contributed by atoms with van der Waals surface area (Å²) < 4.78 is 11.0. The SMILES string of the molecule is O=C(CCCOc1ccccc1)Nc1cccc(Cl)c1N1CCOCC1. The Hall–Kier alpha value is -2.24. The van der Waals surface area contributed by atoms with E-state index in [2.05, 4.69) is 10.2 Å². The topological polar surface area (TPSA) is 50.8 Å². The Balaban J connectivity index is 1.53. The van der Waals surface area contributed by atoms with E-state index in [1.54, 1.807) is 0 Å². The van der Waals surface area contributed by atoms with Crippen LogP contribution in [-0.4, -0.2) is 38.8 Å². The van der Waals surface area contributed by atoms with Gasteiger partial charge in [-0.3, -0.25) is 4.79 Å². The van der Waals surface area contributed by atoms with Gasteiger partial charge in [0.05, 0.1) is 36.2 Å². The van der Waals surface area contributed by atoms with Crippen molar-refractivity contribution in [2.75, 3.05) is 43.1 Å². The lowest BCUT2D eigenvalue weighted by Crippen LogP contribution is -2.37. The number of hydrogen-bond donors (Lipinski definition) is 1. The van der Waals surface area contributed by atoms with Crippen LogP contribution in [0.4, 0.5) is 11.4 Å². The quantitative estimate of drug-likeness (QED) is 0.745. The van der Waals surface area contributed by atoms with Crippen LogP contribution < -0.4 is 15.0 Å². The summed E-state index contributed by atoms with van der Waals surface area (Å²) >= 11 is 6.39. The van der Waals surface area contributed by atoms with E-state index in [1.165, 1.54) is 0 Å². The third-order valence-corrected chi connectivity index (χ3v) is 4.45. The maximum atomic E-state index is 12.3. The standard InChI is InChI=1S/C20H23ClN2O3/c21-17-8-4-9-18(20(17)23-11-14-25-15-12-23)22-19(24)10-5-13-26-16-6-2-1-3-7-16/h1-4,6-9H,5,10-15H2,(H,22,24). The molecule has 0 aromatic heterocycles. The van der Waals surface area contributed by atoms with Gasteiger partial charge in [0.25, 0.3) is 0 Å². The van der Waals surface area contributed by atoms with Crippen molar-refractivity contribution >= 4 is 28.9 Å². The molecule has 1 heterocycles. The van der Waals surface area contributed by atoms with Crippen molar-refractivity contribution < 1.29 is 14.3 Å². The summed E-state index contributed by atoms with van der Waals surface area (Å²) in [6.45, 7) is 3.35. The molecule has 138 valence electrons. The lowest BCUT2D eigenvalue weighted by Gasteiger charge is -2.31. The zero-order valence-corrected chi connectivity index (χ0v) is 15.4. The first-order valence-electron chi connectivity index (χ1n) is 8.83. The van der Waals surface area contributed by atoms with Gasteiger partial charge in [-0.2, -0.15) is 0 Å². The molecular formula is C20H23ClN2O3. The van der Waals surface area contributed by atoms with Gasteiger partial charge in [-0.15, -0.1) is 0 Å². The smallest absolute Gasteiger partial charge is 0.224 e. The number of para-hydroxylation sites is 2. The van der Waals surface area contributed by atoms with Crippen LogP contribution in [0.25, 0.3) is 0 Å². The van der Waals surface area contributed by atoms with Crippen molar-refractivity contribution in [3.63, 3.8) is 0 Å². The van der Waals surface area contributed by atoms with E-state index >= 15 is 0 Å². The number of rotatable bonds is 7. The Labute approximate surface area is 158 Å². The minimum Gasteiger partial charge on any atom is -0.494 e. The molecule has 0 bridgehead atoms. The van der Waals surface area contributed by atoms with Gasteiger partial charge in [0, 0.05) is 19.5 Å².